The van der Waals surface area contributed by atoms with Gasteiger partial charge >= 0.3 is 0 Å². The summed E-state index contributed by atoms with van der Waals surface area (Å²) < 4.78 is 6.53. The highest BCUT2D eigenvalue weighted by Gasteiger charge is 2.42. The third kappa shape index (κ3) is 3.78. The molecule has 140 valence electrons. The topological polar surface area (TPSA) is 57.6 Å². The summed E-state index contributed by atoms with van der Waals surface area (Å²) in [5.41, 5.74) is 2.27. The zero-order valence-corrected chi connectivity index (χ0v) is 16.1. The smallest absolute Gasteiger partial charge is 0.124 e. The summed E-state index contributed by atoms with van der Waals surface area (Å²) in [6, 6.07) is 8.70. The largest absolute Gasteiger partial charge is 0.487 e. The number of thiazole rings is 1. The number of nitrogens with zero attached hydrogens (tertiary/aromatic N) is 2. The van der Waals surface area contributed by atoms with Crippen LogP contribution in [0, 0.1) is 6.92 Å². The van der Waals surface area contributed by atoms with Crippen LogP contribution >= 0.6 is 11.3 Å². The molecule has 0 amide bonds. The molecular formula is C20H27N3O2S. The fourth-order valence-electron chi connectivity index (χ4n) is 4.15. The molecule has 1 spiro atoms. The number of aliphatic hydroxyl groups is 1. The number of rotatable bonds is 5. The van der Waals surface area contributed by atoms with E-state index in [9.17, 15) is 5.11 Å². The van der Waals surface area contributed by atoms with E-state index < -0.39 is 0 Å². The van der Waals surface area contributed by atoms with Crippen molar-refractivity contribution < 1.29 is 9.84 Å². The third-order valence-electron chi connectivity index (χ3n) is 5.58. The number of hydrogen-bond acceptors (Lipinski definition) is 6. The van der Waals surface area contributed by atoms with E-state index in [0.29, 0.717) is 0 Å². The molecule has 1 fully saturated rings. The standard InChI is InChI=1S/C20H27N3O2S/c1-15-22-16(14-26-15)13-21-18-12-20(6-8-23(9-7-20)10-11-24)25-19-5-3-2-4-17(18)19/h2-5,14,18,21,24H,6-13H2,1H3/t18-/m0/s1. The van der Waals surface area contributed by atoms with E-state index in [2.05, 4.69) is 44.8 Å². The Labute approximate surface area is 159 Å². The van der Waals surface area contributed by atoms with Crippen LogP contribution in [0.25, 0.3) is 0 Å². The van der Waals surface area contributed by atoms with E-state index in [4.69, 9.17) is 4.74 Å². The number of fused-ring (bicyclic) bond motifs is 1. The Kier molecular flexibility index (Phi) is 5.27. The van der Waals surface area contributed by atoms with Gasteiger partial charge in [0.1, 0.15) is 11.4 Å². The molecule has 1 aromatic carbocycles. The predicted molar refractivity (Wildman–Crippen MR) is 104 cm³/mol. The molecule has 1 saturated heterocycles. The van der Waals surface area contributed by atoms with Crippen LogP contribution < -0.4 is 10.1 Å². The van der Waals surface area contributed by atoms with Gasteiger partial charge < -0.3 is 20.1 Å². The molecule has 2 aliphatic rings. The molecule has 1 aromatic heterocycles. The average Bonchev–Trinajstić information content (AvgIpc) is 3.07. The number of aromatic nitrogens is 1. The van der Waals surface area contributed by atoms with Gasteiger partial charge in [0, 0.05) is 49.6 Å². The predicted octanol–water partition coefficient (Wildman–Crippen LogP) is 2.89. The van der Waals surface area contributed by atoms with Gasteiger partial charge in [0.2, 0.25) is 0 Å². The van der Waals surface area contributed by atoms with Crippen LogP contribution in [0.15, 0.2) is 29.6 Å². The zero-order valence-electron chi connectivity index (χ0n) is 15.3. The van der Waals surface area contributed by atoms with Crippen molar-refractivity contribution in [3.63, 3.8) is 0 Å². The van der Waals surface area contributed by atoms with Crippen LogP contribution in [-0.2, 0) is 6.54 Å². The summed E-state index contributed by atoms with van der Waals surface area (Å²) in [7, 11) is 0. The number of benzene rings is 1. The summed E-state index contributed by atoms with van der Waals surface area (Å²) in [5, 5.41) is 16.2. The second-order valence-electron chi connectivity index (χ2n) is 7.38. The van der Waals surface area contributed by atoms with Crippen molar-refractivity contribution in [3.05, 3.63) is 45.9 Å². The van der Waals surface area contributed by atoms with Crippen molar-refractivity contribution in [3.8, 4) is 5.75 Å². The second kappa shape index (κ2) is 7.64. The van der Waals surface area contributed by atoms with Gasteiger partial charge in [-0.15, -0.1) is 11.3 Å². The first-order valence-electron chi connectivity index (χ1n) is 9.43. The van der Waals surface area contributed by atoms with Crippen LogP contribution in [0.5, 0.6) is 5.75 Å². The van der Waals surface area contributed by atoms with Gasteiger partial charge in [0.25, 0.3) is 0 Å². The first-order chi connectivity index (χ1) is 12.7. The Morgan fingerprint density at radius 3 is 2.88 bits per heavy atom. The maximum Gasteiger partial charge on any atom is 0.124 e. The molecule has 2 N–H and O–H groups in total. The fourth-order valence-corrected chi connectivity index (χ4v) is 4.76. The minimum atomic E-state index is -0.101. The lowest BCUT2D eigenvalue weighted by Gasteiger charge is -2.47. The van der Waals surface area contributed by atoms with E-state index in [1.807, 2.05) is 6.92 Å². The Balaban J connectivity index is 1.50. The van der Waals surface area contributed by atoms with Gasteiger partial charge in [-0.3, -0.25) is 0 Å². The van der Waals surface area contributed by atoms with Crippen molar-refractivity contribution in [1.29, 1.82) is 0 Å². The number of para-hydroxylation sites is 1. The van der Waals surface area contributed by atoms with Crippen molar-refractivity contribution in [1.82, 2.24) is 15.2 Å². The number of nitrogens with one attached hydrogen (secondary N) is 1. The molecule has 2 aromatic rings. The van der Waals surface area contributed by atoms with Crippen molar-refractivity contribution in [2.45, 2.75) is 44.4 Å². The lowest BCUT2D eigenvalue weighted by molar-refractivity contribution is -0.0278. The first-order valence-corrected chi connectivity index (χ1v) is 10.3. The van der Waals surface area contributed by atoms with Crippen LogP contribution in [-0.4, -0.2) is 46.8 Å². The number of hydrogen-bond donors (Lipinski definition) is 2. The summed E-state index contributed by atoms with van der Waals surface area (Å²) in [6.45, 7) is 5.80. The molecule has 0 saturated carbocycles. The molecule has 1 atom stereocenters. The quantitative estimate of drug-likeness (QED) is 0.844. The molecule has 6 heteroatoms. The Morgan fingerprint density at radius 2 is 2.15 bits per heavy atom. The number of ether oxygens (including phenoxy) is 1. The monoisotopic (exact) mass is 373 g/mol. The summed E-state index contributed by atoms with van der Waals surface area (Å²) in [5.74, 6) is 1.02. The Morgan fingerprint density at radius 1 is 1.35 bits per heavy atom. The molecular weight excluding hydrogens is 346 g/mol. The molecule has 0 radical (unpaired) electrons. The van der Waals surface area contributed by atoms with Gasteiger partial charge in [-0.1, -0.05) is 18.2 Å². The van der Waals surface area contributed by atoms with E-state index in [-0.39, 0.29) is 18.2 Å². The van der Waals surface area contributed by atoms with Crippen LogP contribution in [0.3, 0.4) is 0 Å². The van der Waals surface area contributed by atoms with Crippen molar-refractivity contribution in [2.75, 3.05) is 26.2 Å². The van der Waals surface area contributed by atoms with E-state index in [0.717, 1.165) is 61.9 Å². The van der Waals surface area contributed by atoms with E-state index in [1.54, 1.807) is 11.3 Å². The van der Waals surface area contributed by atoms with Crippen LogP contribution in [0.4, 0.5) is 0 Å². The second-order valence-corrected chi connectivity index (χ2v) is 8.45. The molecule has 3 heterocycles. The maximum absolute atomic E-state index is 9.18. The Bertz CT molecular complexity index is 740. The van der Waals surface area contributed by atoms with Gasteiger partial charge in [-0.05, 0) is 25.8 Å². The first kappa shape index (κ1) is 17.9. The van der Waals surface area contributed by atoms with Crippen LogP contribution in [0.1, 0.15) is 41.6 Å². The molecule has 5 nitrogen and oxygen atoms in total. The molecule has 26 heavy (non-hydrogen) atoms. The fraction of sp³-hybridized carbons (Fsp3) is 0.550. The highest BCUT2D eigenvalue weighted by atomic mass is 32.1. The van der Waals surface area contributed by atoms with E-state index in [1.165, 1.54) is 5.56 Å². The van der Waals surface area contributed by atoms with Crippen molar-refractivity contribution in [2.24, 2.45) is 0 Å². The lowest BCUT2D eigenvalue weighted by Crippen LogP contribution is -2.52. The zero-order chi connectivity index (χ0) is 18.0. The molecule has 0 aliphatic carbocycles. The van der Waals surface area contributed by atoms with Crippen LogP contribution in [0.2, 0.25) is 0 Å². The normalized spacial score (nSPS) is 22.2. The van der Waals surface area contributed by atoms with Gasteiger partial charge in [-0.2, -0.15) is 0 Å². The molecule has 4 rings (SSSR count). The number of aryl methyl sites for hydroxylation is 1. The molecule has 0 unspecified atom stereocenters. The number of likely N-dealkylation sites (tertiary alicyclic amines) is 1. The summed E-state index contributed by atoms with van der Waals surface area (Å²) in [6.07, 6.45) is 3.00. The lowest BCUT2D eigenvalue weighted by atomic mass is 9.80. The summed E-state index contributed by atoms with van der Waals surface area (Å²) >= 11 is 1.70. The Hall–Kier alpha value is -1.47. The van der Waals surface area contributed by atoms with Gasteiger partial charge in [0.15, 0.2) is 0 Å². The SMILES string of the molecule is Cc1nc(CN[C@H]2CC3(CCN(CCO)CC3)Oc3ccccc32)cs1. The van der Waals surface area contributed by atoms with Gasteiger partial charge in [-0.25, -0.2) is 4.98 Å². The average molecular weight is 374 g/mol. The minimum absolute atomic E-state index is 0.101. The number of piperidine rings is 1. The highest BCUT2D eigenvalue weighted by molar-refractivity contribution is 7.09. The number of aliphatic hydroxyl groups excluding tert-OH is 1. The molecule has 2 aliphatic heterocycles. The summed E-state index contributed by atoms with van der Waals surface area (Å²) in [4.78, 5) is 6.91. The van der Waals surface area contributed by atoms with Gasteiger partial charge in [0.05, 0.1) is 17.3 Å². The maximum atomic E-state index is 9.18. The van der Waals surface area contributed by atoms with E-state index >= 15 is 0 Å². The van der Waals surface area contributed by atoms with Crippen molar-refractivity contribution >= 4 is 11.3 Å². The number of β-amino-alcohol motifs (C(OH)–C–C–N with tert-alkyl or cyclic N) is 1. The highest BCUT2D eigenvalue weighted by Crippen LogP contribution is 2.44. The molecule has 0 bridgehead atoms. The minimum Gasteiger partial charge on any atom is -0.487 e. The third-order valence-corrected chi connectivity index (χ3v) is 6.40.